The zero-order valence-corrected chi connectivity index (χ0v) is 48.6. The standard InChI is InChI=1S/C53H52N4O2.C10H16O.C5H6N2.C5H8/c1-3-5-9-19-51(59)41-26-34-47(35-27-41)57(43-16-12-8-13-17-43)45-30-22-39(23-31-45)49-37-36-48(52(54)53(49)55)38-20-28-44(29-21-38)56(42-14-10-7-11-15-42)46-32-24-40(25-33-46)50(58)18-6-4-2;1-4-6-8-10(11)9(3)7-5-2;6-5-1-3-7-4-2-5;1-3-5-4-2/h7-8,10-17,20-37,53-54H,3-6,9,18-19,55H2,1-2H3;5,7H,3-4,6,8H2,1-2H3;1-4H,(H2,6,7);3-5H,1H2,2H3/b;7-5-;;5-4-. The number of carbonyl (C=O) groups excluding carboxylic acids is 3. The third-order valence-corrected chi connectivity index (χ3v) is 13.5. The number of nitrogen functional groups attached to an aromatic ring is 1. The Labute approximate surface area is 488 Å². The van der Waals surface area contributed by atoms with Crippen molar-refractivity contribution in [2.45, 2.75) is 105 Å². The fourth-order valence-electron chi connectivity index (χ4n) is 8.90. The van der Waals surface area contributed by atoms with Crippen molar-refractivity contribution >= 4 is 74.0 Å². The van der Waals surface area contributed by atoms with Gasteiger partial charge in [-0.15, -0.1) is 0 Å². The van der Waals surface area contributed by atoms with E-state index in [4.69, 9.17) is 11.5 Å². The number of nitrogens with zero attached hydrogens (tertiary/aromatic N) is 3. The van der Waals surface area contributed by atoms with Crippen LogP contribution in [0.15, 0.2) is 244 Å². The third-order valence-electron chi connectivity index (χ3n) is 13.5. The molecule has 1 aliphatic rings. The lowest BCUT2D eigenvalue weighted by Crippen LogP contribution is -2.33. The van der Waals surface area contributed by atoms with Crippen LogP contribution in [-0.2, 0) is 4.79 Å². The molecule has 1 aromatic heterocycles. The van der Waals surface area contributed by atoms with Crippen LogP contribution in [0, 0.1) is 5.41 Å². The summed E-state index contributed by atoms with van der Waals surface area (Å²) >= 11 is 0. The summed E-state index contributed by atoms with van der Waals surface area (Å²) in [6.45, 7) is 17.3. The van der Waals surface area contributed by atoms with E-state index in [1.54, 1.807) is 36.7 Å². The lowest BCUT2D eigenvalue weighted by Gasteiger charge is -2.27. The van der Waals surface area contributed by atoms with Crippen LogP contribution in [0.2, 0.25) is 0 Å². The molecular weight excluding hydrogens is 1010 g/mol. The molecule has 7 aromatic rings. The van der Waals surface area contributed by atoms with E-state index in [1.165, 1.54) is 0 Å². The molecular formula is C73H82N6O3. The predicted octanol–water partition coefficient (Wildman–Crippen LogP) is 18.9. The maximum Gasteiger partial charge on any atom is 0.162 e. The highest BCUT2D eigenvalue weighted by Gasteiger charge is 2.25. The molecule has 1 aliphatic carbocycles. The SMILES string of the molecule is C=C(/C=C\C)C(=O)CCCC.C=C/C=C\C.CCCCCC(=O)c1ccc(N(c2ccccc2)c2ccc(C3=CC=C(c4ccc(N(c5ccccc5)c5ccc(C(=O)CCCC)cc5)cc4)C(=N)C3N)cc2)cc1.Nc1ccncc1. The molecule has 0 aliphatic heterocycles. The van der Waals surface area contributed by atoms with Gasteiger partial charge in [-0.3, -0.25) is 19.4 Å². The minimum Gasteiger partial charge on any atom is -0.399 e. The summed E-state index contributed by atoms with van der Waals surface area (Å²) in [7, 11) is 0. The van der Waals surface area contributed by atoms with Crippen LogP contribution in [0.4, 0.5) is 39.8 Å². The van der Waals surface area contributed by atoms with Gasteiger partial charge >= 0.3 is 0 Å². The Kier molecular flexibility index (Phi) is 27.1. The van der Waals surface area contributed by atoms with E-state index in [2.05, 4.69) is 109 Å². The number of allylic oxidation sites excluding steroid dienone is 8. The molecule has 0 saturated heterocycles. The molecule has 0 fully saturated rings. The van der Waals surface area contributed by atoms with Crippen LogP contribution >= 0.6 is 0 Å². The van der Waals surface area contributed by atoms with Gasteiger partial charge in [0.15, 0.2) is 17.3 Å². The molecule has 5 N–H and O–H groups in total. The fraction of sp³-hybridized carbons (Fsp3) is 0.219. The summed E-state index contributed by atoms with van der Waals surface area (Å²) in [4.78, 5) is 44.7. The first-order valence-electron chi connectivity index (χ1n) is 28.6. The van der Waals surface area contributed by atoms with E-state index < -0.39 is 6.04 Å². The van der Waals surface area contributed by atoms with Crippen LogP contribution in [0.25, 0.3) is 11.1 Å². The zero-order valence-electron chi connectivity index (χ0n) is 48.6. The quantitative estimate of drug-likeness (QED) is 0.0248. The number of carbonyl (C=O) groups is 3. The van der Waals surface area contributed by atoms with Gasteiger partial charge < -0.3 is 26.7 Å². The Bertz CT molecular complexity index is 3230. The fourth-order valence-corrected chi connectivity index (χ4v) is 8.90. The molecule has 82 heavy (non-hydrogen) atoms. The smallest absolute Gasteiger partial charge is 0.162 e. The maximum absolute atomic E-state index is 12.8. The van der Waals surface area contributed by atoms with E-state index in [-0.39, 0.29) is 17.3 Å². The number of hydrogen-bond acceptors (Lipinski definition) is 9. The number of unbranched alkanes of at least 4 members (excludes halogenated alkanes) is 4. The van der Waals surface area contributed by atoms with Crippen LogP contribution in [-0.4, -0.2) is 34.1 Å². The van der Waals surface area contributed by atoms with Crippen molar-refractivity contribution in [1.82, 2.24) is 4.98 Å². The van der Waals surface area contributed by atoms with Crippen molar-refractivity contribution in [3.63, 3.8) is 0 Å². The van der Waals surface area contributed by atoms with Crippen molar-refractivity contribution in [3.05, 3.63) is 266 Å². The second-order valence-corrected chi connectivity index (χ2v) is 19.6. The first-order valence-corrected chi connectivity index (χ1v) is 28.6. The minimum absolute atomic E-state index is 0.171. The minimum atomic E-state index is -0.604. The van der Waals surface area contributed by atoms with Gasteiger partial charge in [0, 0.05) is 93.7 Å². The normalized spacial score (nSPS) is 12.5. The Hall–Kier alpha value is -9.05. The molecule has 0 saturated carbocycles. The topological polar surface area (TPSA) is 146 Å². The summed E-state index contributed by atoms with van der Waals surface area (Å²) in [5, 5.41) is 9.20. The highest BCUT2D eigenvalue weighted by atomic mass is 16.1. The molecule has 6 aromatic carbocycles. The van der Waals surface area contributed by atoms with Crippen molar-refractivity contribution in [3.8, 4) is 0 Å². The predicted molar refractivity (Wildman–Crippen MR) is 348 cm³/mol. The molecule has 1 unspecified atom stereocenters. The molecule has 0 radical (unpaired) electrons. The zero-order chi connectivity index (χ0) is 59.1. The number of nitrogens with two attached hydrogens (primary N) is 2. The number of nitrogens with one attached hydrogen (secondary N) is 1. The lowest BCUT2D eigenvalue weighted by atomic mass is 9.85. The summed E-state index contributed by atoms with van der Waals surface area (Å²) < 4.78 is 0. The summed E-state index contributed by atoms with van der Waals surface area (Å²) in [5.74, 6) is 0.525. The number of ketones is 3. The number of pyridine rings is 1. The molecule has 1 heterocycles. The summed E-state index contributed by atoms with van der Waals surface area (Å²) in [6.07, 6.45) is 25.3. The van der Waals surface area contributed by atoms with Gasteiger partial charge in [-0.05, 0) is 159 Å². The second kappa shape index (κ2) is 34.8. The van der Waals surface area contributed by atoms with Gasteiger partial charge in [0.05, 0.1) is 11.8 Å². The van der Waals surface area contributed by atoms with Gasteiger partial charge in [0.1, 0.15) is 0 Å². The second-order valence-electron chi connectivity index (χ2n) is 19.6. The summed E-state index contributed by atoms with van der Waals surface area (Å²) in [5.41, 5.74) is 24.8. The summed E-state index contributed by atoms with van der Waals surface area (Å²) in [6, 6.07) is 55.5. The third kappa shape index (κ3) is 19.3. The highest BCUT2D eigenvalue weighted by molar-refractivity contribution is 6.30. The Morgan fingerprint density at radius 1 is 0.549 bits per heavy atom. The first kappa shape index (κ1) is 63.8. The number of anilines is 7. The van der Waals surface area contributed by atoms with E-state index in [0.717, 1.165) is 118 Å². The van der Waals surface area contributed by atoms with Gasteiger partial charge in [0.25, 0.3) is 0 Å². The molecule has 9 heteroatoms. The van der Waals surface area contributed by atoms with E-state index >= 15 is 0 Å². The van der Waals surface area contributed by atoms with Crippen molar-refractivity contribution < 1.29 is 14.4 Å². The molecule has 0 amide bonds. The number of aromatic nitrogens is 1. The molecule has 9 nitrogen and oxygen atoms in total. The molecule has 422 valence electrons. The molecule has 0 bridgehead atoms. The number of para-hydroxylation sites is 2. The van der Waals surface area contributed by atoms with Gasteiger partial charge in [0.2, 0.25) is 0 Å². The Morgan fingerprint density at radius 3 is 1.38 bits per heavy atom. The number of hydrogen-bond donors (Lipinski definition) is 3. The molecule has 8 rings (SSSR count). The van der Waals surface area contributed by atoms with E-state index in [0.29, 0.717) is 30.5 Å². The van der Waals surface area contributed by atoms with Crippen molar-refractivity contribution in [2.75, 3.05) is 15.5 Å². The van der Waals surface area contributed by atoms with Crippen LogP contribution in [0.1, 0.15) is 131 Å². The number of Topliss-reactive ketones (excluding diaryl/α,β-unsaturated/α-hetero) is 3. The maximum atomic E-state index is 12.8. The average Bonchev–Trinajstić information content (AvgIpc) is 3.54. The monoisotopic (exact) mass is 1090 g/mol. The lowest BCUT2D eigenvalue weighted by molar-refractivity contribution is -0.115. The van der Waals surface area contributed by atoms with Gasteiger partial charge in [-0.1, -0.05) is 163 Å². The van der Waals surface area contributed by atoms with Gasteiger partial charge in [-0.25, -0.2) is 0 Å². The van der Waals surface area contributed by atoms with E-state index in [1.807, 2.05) is 141 Å². The van der Waals surface area contributed by atoms with Crippen LogP contribution in [0.5, 0.6) is 0 Å². The van der Waals surface area contributed by atoms with Crippen LogP contribution in [0.3, 0.4) is 0 Å². The average molecular weight is 1090 g/mol. The molecule has 0 spiro atoms. The molecule has 1 atom stereocenters. The number of benzene rings is 6. The van der Waals surface area contributed by atoms with E-state index in [9.17, 15) is 19.8 Å². The van der Waals surface area contributed by atoms with Crippen LogP contribution < -0.4 is 21.3 Å². The van der Waals surface area contributed by atoms with Crippen molar-refractivity contribution in [2.24, 2.45) is 5.73 Å². The first-order chi connectivity index (χ1) is 39.9. The highest BCUT2D eigenvalue weighted by Crippen LogP contribution is 2.38. The Balaban J connectivity index is 0.000000446. The largest absolute Gasteiger partial charge is 0.399 e. The van der Waals surface area contributed by atoms with Crippen molar-refractivity contribution in [1.29, 1.82) is 5.41 Å². The van der Waals surface area contributed by atoms with Gasteiger partial charge in [-0.2, -0.15) is 0 Å². The Morgan fingerprint density at radius 2 is 0.976 bits per heavy atom. The number of rotatable bonds is 23.